The van der Waals surface area contributed by atoms with Crippen LogP contribution >= 0.6 is 0 Å². The van der Waals surface area contributed by atoms with E-state index in [4.69, 9.17) is 9.84 Å². The number of hydrogen-bond acceptors (Lipinski definition) is 4. The van der Waals surface area contributed by atoms with E-state index in [1.54, 1.807) is 6.20 Å². The van der Waals surface area contributed by atoms with Gasteiger partial charge in [0, 0.05) is 19.3 Å². The molecule has 1 aromatic heterocycles. The van der Waals surface area contributed by atoms with Crippen molar-refractivity contribution in [2.24, 2.45) is 5.92 Å². The van der Waals surface area contributed by atoms with E-state index in [1.165, 1.54) is 0 Å². The Bertz CT molecular complexity index is 599. The number of nitrogens with zero attached hydrogens (tertiary/aromatic N) is 1. The number of aliphatic hydroxyl groups is 1. The number of aromatic nitrogens is 1. The number of aliphatic hydroxyl groups excluding tert-OH is 1. The van der Waals surface area contributed by atoms with Crippen LogP contribution in [0, 0.1) is 5.92 Å². The van der Waals surface area contributed by atoms with Gasteiger partial charge in [0.2, 0.25) is 5.91 Å². The van der Waals surface area contributed by atoms with Crippen molar-refractivity contribution in [3.63, 3.8) is 0 Å². The van der Waals surface area contributed by atoms with Gasteiger partial charge in [-0.1, -0.05) is 25.1 Å². The predicted octanol–water partition coefficient (Wildman–Crippen LogP) is 1.95. The summed E-state index contributed by atoms with van der Waals surface area (Å²) in [6.45, 7) is 2.86. The Labute approximate surface area is 136 Å². The van der Waals surface area contributed by atoms with Crippen LogP contribution in [0.5, 0.6) is 5.75 Å². The van der Waals surface area contributed by atoms with Crippen molar-refractivity contribution in [2.75, 3.05) is 13.2 Å². The van der Waals surface area contributed by atoms with Crippen LogP contribution in [0.15, 0.2) is 48.7 Å². The molecule has 0 aliphatic rings. The van der Waals surface area contributed by atoms with E-state index >= 15 is 0 Å². The summed E-state index contributed by atoms with van der Waals surface area (Å²) in [7, 11) is 0. The fraction of sp³-hybridized carbons (Fsp3) is 0.333. The second-order valence-corrected chi connectivity index (χ2v) is 5.52. The maximum atomic E-state index is 11.8. The number of rotatable bonds is 8. The van der Waals surface area contributed by atoms with Crippen LogP contribution in [-0.2, 0) is 17.8 Å². The van der Waals surface area contributed by atoms with Crippen LogP contribution in [0.2, 0.25) is 0 Å². The van der Waals surface area contributed by atoms with Crippen molar-refractivity contribution in [2.45, 2.75) is 20.0 Å². The summed E-state index contributed by atoms with van der Waals surface area (Å²) in [5, 5.41) is 11.7. The quantitative estimate of drug-likeness (QED) is 0.781. The number of benzene rings is 1. The Morgan fingerprint density at radius 3 is 2.70 bits per heavy atom. The maximum Gasteiger partial charge on any atom is 0.224 e. The molecule has 2 N–H and O–H groups in total. The largest absolute Gasteiger partial charge is 0.487 e. The molecule has 0 saturated heterocycles. The molecule has 2 rings (SSSR count). The van der Waals surface area contributed by atoms with Gasteiger partial charge in [0.05, 0.1) is 12.1 Å². The first-order valence-electron chi connectivity index (χ1n) is 7.66. The van der Waals surface area contributed by atoms with Gasteiger partial charge in [0.25, 0.3) is 0 Å². The topological polar surface area (TPSA) is 71.5 Å². The smallest absolute Gasteiger partial charge is 0.224 e. The molecular formula is C18H22N2O3. The molecule has 0 fully saturated rings. The molecule has 1 unspecified atom stereocenters. The SMILES string of the molecule is CC(CO)CNC(=O)Cc1ccc(OCc2ccccn2)cc1. The number of carbonyl (C=O) groups is 1. The van der Waals surface area contributed by atoms with Gasteiger partial charge in [0.1, 0.15) is 12.4 Å². The number of pyridine rings is 1. The summed E-state index contributed by atoms with van der Waals surface area (Å²) in [5.74, 6) is 0.766. The standard InChI is InChI=1S/C18H22N2O3/c1-14(12-21)11-20-18(22)10-15-5-7-17(8-6-15)23-13-16-4-2-3-9-19-16/h2-9,14,21H,10-13H2,1H3,(H,20,22). The number of amides is 1. The molecule has 23 heavy (non-hydrogen) atoms. The average Bonchev–Trinajstić information content (AvgIpc) is 2.60. The van der Waals surface area contributed by atoms with Gasteiger partial charge in [0.15, 0.2) is 0 Å². The number of hydrogen-bond donors (Lipinski definition) is 2. The maximum absolute atomic E-state index is 11.8. The lowest BCUT2D eigenvalue weighted by molar-refractivity contribution is -0.120. The third-order valence-corrected chi connectivity index (χ3v) is 3.36. The molecule has 0 radical (unpaired) electrons. The van der Waals surface area contributed by atoms with Crippen LogP contribution in [0.3, 0.4) is 0 Å². The second kappa shape index (κ2) is 8.90. The second-order valence-electron chi connectivity index (χ2n) is 5.52. The Hall–Kier alpha value is -2.40. The Kier molecular flexibility index (Phi) is 6.56. The lowest BCUT2D eigenvalue weighted by Gasteiger charge is -2.10. The molecule has 0 saturated carbocycles. The third kappa shape index (κ3) is 6.08. The van der Waals surface area contributed by atoms with Crippen LogP contribution in [0.1, 0.15) is 18.2 Å². The summed E-state index contributed by atoms with van der Waals surface area (Å²) < 4.78 is 5.65. The van der Waals surface area contributed by atoms with Crippen molar-refractivity contribution in [1.29, 1.82) is 0 Å². The molecular weight excluding hydrogens is 292 g/mol. The van der Waals surface area contributed by atoms with Crippen molar-refractivity contribution >= 4 is 5.91 Å². The van der Waals surface area contributed by atoms with E-state index in [0.29, 0.717) is 19.6 Å². The average molecular weight is 314 g/mol. The van der Waals surface area contributed by atoms with Gasteiger partial charge in [-0.05, 0) is 35.7 Å². The predicted molar refractivity (Wildman–Crippen MR) is 88.0 cm³/mol. The van der Waals surface area contributed by atoms with E-state index in [2.05, 4.69) is 10.3 Å². The fourth-order valence-electron chi connectivity index (χ4n) is 1.94. The molecule has 5 heteroatoms. The van der Waals surface area contributed by atoms with Crippen LogP contribution in [0.4, 0.5) is 0 Å². The van der Waals surface area contributed by atoms with Crippen molar-refractivity contribution in [3.05, 3.63) is 59.9 Å². The highest BCUT2D eigenvalue weighted by Crippen LogP contribution is 2.14. The van der Waals surface area contributed by atoms with Crippen LogP contribution in [-0.4, -0.2) is 29.1 Å². The molecule has 0 spiro atoms. The molecule has 2 aromatic rings. The third-order valence-electron chi connectivity index (χ3n) is 3.36. The zero-order chi connectivity index (χ0) is 16.5. The summed E-state index contributed by atoms with van der Waals surface area (Å²) in [6, 6.07) is 13.1. The highest BCUT2D eigenvalue weighted by Gasteiger charge is 2.06. The minimum atomic E-state index is -0.0487. The lowest BCUT2D eigenvalue weighted by Crippen LogP contribution is -2.30. The van der Waals surface area contributed by atoms with E-state index in [1.807, 2.05) is 49.4 Å². The van der Waals surface area contributed by atoms with Crippen molar-refractivity contribution in [3.8, 4) is 5.75 Å². The van der Waals surface area contributed by atoms with Crippen molar-refractivity contribution < 1.29 is 14.6 Å². The molecule has 122 valence electrons. The summed E-state index contributed by atoms with van der Waals surface area (Å²) >= 11 is 0. The highest BCUT2D eigenvalue weighted by molar-refractivity contribution is 5.78. The first kappa shape index (κ1) is 17.0. The van der Waals surface area contributed by atoms with Crippen molar-refractivity contribution in [1.82, 2.24) is 10.3 Å². The van der Waals surface area contributed by atoms with Gasteiger partial charge in [-0.2, -0.15) is 0 Å². The summed E-state index contributed by atoms with van der Waals surface area (Å²) in [6.07, 6.45) is 2.05. The monoisotopic (exact) mass is 314 g/mol. The van der Waals surface area contributed by atoms with Gasteiger partial charge in [-0.15, -0.1) is 0 Å². The molecule has 0 bridgehead atoms. The van der Waals surface area contributed by atoms with Gasteiger partial charge < -0.3 is 15.2 Å². The molecule has 1 atom stereocenters. The fourth-order valence-corrected chi connectivity index (χ4v) is 1.94. The van der Waals surface area contributed by atoms with Gasteiger partial charge in [-0.3, -0.25) is 9.78 Å². The molecule has 1 amide bonds. The Morgan fingerprint density at radius 2 is 2.04 bits per heavy atom. The normalized spacial score (nSPS) is 11.7. The zero-order valence-electron chi connectivity index (χ0n) is 13.2. The molecule has 5 nitrogen and oxygen atoms in total. The first-order chi connectivity index (χ1) is 11.2. The van der Waals surface area contributed by atoms with E-state index in [-0.39, 0.29) is 18.4 Å². The molecule has 1 aromatic carbocycles. The summed E-state index contributed by atoms with van der Waals surface area (Å²) in [4.78, 5) is 16.0. The summed E-state index contributed by atoms with van der Waals surface area (Å²) in [5.41, 5.74) is 1.79. The number of carbonyl (C=O) groups excluding carboxylic acids is 1. The lowest BCUT2D eigenvalue weighted by atomic mass is 10.1. The first-order valence-corrected chi connectivity index (χ1v) is 7.66. The highest BCUT2D eigenvalue weighted by atomic mass is 16.5. The molecule has 0 aliphatic carbocycles. The molecule has 0 aliphatic heterocycles. The van der Waals surface area contributed by atoms with Gasteiger partial charge in [-0.25, -0.2) is 0 Å². The van der Waals surface area contributed by atoms with Crippen LogP contribution < -0.4 is 10.1 Å². The van der Waals surface area contributed by atoms with Gasteiger partial charge >= 0.3 is 0 Å². The minimum absolute atomic E-state index is 0.0487. The molecule has 1 heterocycles. The van der Waals surface area contributed by atoms with Crippen LogP contribution in [0.25, 0.3) is 0 Å². The Morgan fingerprint density at radius 1 is 1.26 bits per heavy atom. The van der Waals surface area contributed by atoms with E-state index in [9.17, 15) is 4.79 Å². The zero-order valence-corrected chi connectivity index (χ0v) is 13.2. The number of nitrogens with one attached hydrogen (secondary N) is 1. The van der Waals surface area contributed by atoms with E-state index in [0.717, 1.165) is 17.0 Å². The van der Waals surface area contributed by atoms with E-state index < -0.39 is 0 Å². The number of ether oxygens (including phenoxy) is 1. The Balaban J connectivity index is 1.79. The minimum Gasteiger partial charge on any atom is -0.487 e.